The summed E-state index contributed by atoms with van der Waals surface area (Å²) in [6, 6.07) is 1.70. The van der Waals surface area contributed by atoms with Gasteiger partial charge in [-0.05, 0) is 18.9 Å². The molecule has 0 aliphatic heterocycles. The van der Waals surface area contributed by atoms with Gasteiger partial charge in [0.25, 0.3) is 0 Å². The summed E-state index contributed by atoms with van der Waals surface area (Å²) in [4.78, 5) is 0. The van der Waals surface area contributed by atoms with Crippen molar-refractivity contribution in [1.29, 1.82) is 0 Å². The highest BCUT2D eigenvalue weighted by Gasteiger charge is 2.16. The van der Waals surface area contributed by atoms with Gasteiger partial charge in [-0.25, -0.2) is 0 Å². The molecule has 6 heteroatoms. The van der Waals surface area contributed by atoms with Crippen LogP contribution in [-0.2, 0) is 21.5 Å². The van der Waals surface area contributed by atoms with E-state index in [1.165, 1.54) is 64.1 Å². The summed E-state index contributed by atoms with van der Waals surface area (Å²) in [5.41, 5.74) is 0.639. The van der Waals surface area contributed by atoms with Crippen molar-refractivity contribution < 1.29 is 21.8 Å². The maximum atomic E-state index is 11.3. The molecule has 0 bridgehead atoms. The van der Waals surface area contributed by atoms with E-state index < -0.39 is 10.1 Å². The van der Waals surface area contributed by atoms with Gasteiger partial charge in [0.15, 0.2) is 0 Å². The molecule has 26 heavy (non-hydrogen) atoms. The largest absolute Gasteiger partial charge is 0.433 e. The summed E-state index contributed by atoms with van der Waals surface area (Å²) >= 11 is 0. The van der Waals surface area contributed by atoms with Crippen molar-refractivity contribution in [3.05, 3.63) is 17.9 Å². The molecule has 0 saturated carbocycles. The summed E-state index contributed by atoms with van der Waals surface area (Å²) < 4.78 is 38.7. The fourth-order valence-corrected chi connectivity index (χ4v) is 3.35. The molecule has 0 fully saturated rings. The number of unbranched alkanes of at least 4 members (excludes halogenated alkanes) is 7. The van der Waals surface area contributed by atoms with E-state index in [4.69, 9.17) is 13.3 Å². The maximum Gasteiger partial charge on any atom is 0.308 e. The smallest absolute Gasteiger partial charge is 0.308 e. The maximum absolute atomic E-state index is 11.3. The summed E-state index contributed by atoms with van der Waals surface area (Å²) in [6.45, 7) is 4.75. The molecule has 1 atom stereocenters. The van der Waals surface area contributed by atoms with Gasteiger partial charge in [0.2, 0.25) is 0 Å². The van der Waals surface area contributed by atoms with Gasteiger partial charge in [-0.1, -0.05) is 71.6 Å². The lowest BCUT2D eigenvalue weighted by atomic mass is 10.0. The van der Waals surface area contributed by atoms with Crippen LogP contribution in [0.5, 0.6) is 5.95 Å². The van der Waals surface area contributed by atoms with Crippen molar-refractivity contribution in [2.24, 2.45) is 0 Å². The van der Waals surface area contributed by atoms with Gasteiger partial charge >= 0.3 is 16.1 Å². The summed E-state index contributed by atoms with van der Waals surface area (Å²) in [5.74, 6) is 0.0141. The SMILES string of the molecule is CCCCCCCC(CCCCCC)OCc1ccoc1OS(C)(=O)=O. The lowest BCUT2D eigenvalue weighted by Gasteiger charge is -2.18. The third kappa shape index (κ3) is 10.9. The van der Waals surface area contributed by atoms with Crippen LogP contribution in [0.2, 0.25) is 0 Å². The Morgan fingerprint density at radius 1 is 0.962 bits per heavy atom. The van der Waals surface area contributed by atoms with Crippen LogP contribution in [0, 0.1) is 0 Å². The van der Waals surface area contributed by atoms with E-state index in [1.54, 1.807) is 6.07 Å². The van der Waals surface area contributed by atoms with Gasteiger partial charge in [-0.3, -0.25) is 0 Å². The van der Waals surface area contributed by atoms with Crippen molar-refractivity contribution >= 4 is 10.1 Å². The average molecular weight is 389 g/mol. The molecule has 0 aliphatic rings. The van der Waals surface area contributed by atoms with Crippen LogP contribution in [0.4, 0.5) is 0 Å². The highest BCUT2D eigenvalue weighted by atomic mass is 32.2. The van der Waals surface area contributed by atoms with Crippen molar-refractivity contribution in [3.8, 4) is 5.95 Å². The Balaban J connectivity index is 2.48. The van der Waals surface area contributed by atoms with Gasteiger partial charge in [0.05, 0.1) is 30.8 Å². The van der Waals surface area contributed by atoms with E-state index in [2.05, 4.69) is 13.8 Å². The molecule has 1 aromatic rings. The zero-order chi connectivity index (χ0) is 19.3. The molecule has 152 valence electrons. The molecule has 5 nitrogen and oxygen atoms in total. The van der Waals surface area contributed by atoms with Crippen LogP contribution in [-0.4, -0.2) is 20.8 Å². The minimum Gasteiger partial charge on any atom is -0.433 e. The number of hydrogen-bond acceptors (Lipinski definition) is 5. The molecule has 0 saturated heterocycles. The van der Waals surface area contributed by atoms with Crippen LogP contribution < -0.4 is 4.18 Å². The summed E-state index contributed by atoms with van der Waals surface area (Å²) in [6.07, 6.45) is 15.9. The third-order valence-electron chi connectivity index (χ3n) is 4.42. The summed E-state index contributed by atoms with van der Waals surface area (Å²) in [7, 11) is -3.60. The number of ether oxygens (including phenoxy) is 1. The second-order valence-corrected chi connectivity index (χ2v) is 8.58. The number of rotatable bonds is 16. The van der Waals surface area contributed by atoms with Crippen molar-refractivity contribution in [2.45, 2.75) is 97.2 Å². The first-order valence-electron chi connectivity index (χ1n) is 10.0. The molecule has 1 aromatic heterocycles. The standard InChI is InChI=1S/C20H36O5S/c1-4-6-8-10-12-14-19(13-11-9-7-5-2)24-17-18-15-16-23-20(18)25-26(3,21)22/h15-16,19H,4-14,17H2,1-3H3. The number of hydrogen-bond donors (Lipinski definition) is 0. The Bertz CT molecular complexity index is 565. The molecule has 1 unspecified atom stereocenters. The molecular weight excluding hydrogens is 352 g/mol. The Labute approximate surface area is 159 Å². The van der Waals surface area contributed by atoms with Crippen LogP contribution in [0.25, 0.3) is 0 Å². The highest BCUT2D eigenvalue weighted by Crippen LogP contribution is 2.24. The lowest BCUT2D eigenvalue weighted by molar-refractivity contribution is 0.0251. The lowest BCUT2D eigenvalue weighted by Crippen LogP contribution is -2.14. The summed E-state index contributed by atoms with van der Waals surface area (Å²) in [5, 5.41) is 0. The normalized spacial score (nSPS) is 13.0. The zero-order valence-electron chi connectivity index (χ0n) is 16.7. The first kappa shape index (κ1) is 23.0. The first-order valence-corrected chi connectivity index (χ1v) is 11.8. The van der Waals surface area contributed by atoms with Gasteiger partial charge in [0.1, 0.15) is 0 Å². The van der Waals surface area contributed by atoms with Crippen LogP contribution in [0.1, 0.15) is 90.0 Å². The Morgan fingerprint density at radius 3 is 2.12 bits per heavy atom. The third-order valence-corrected chi connectivity index (χ3v) is 4.87. The van der Waals surface area contributed by atoms with Gasteiger partial charge < -0.3 is 13.3 Å². The van der Waals surface area contributed by atoms with Crippen molar-refractivity contribution in [3.63, 3.8) is 0 Å². The van der Waals surface area contributed by atoms with Crippen molar-refractivity contribution in [1.82, 2.24) is 0 Å². The average Bonchev–Trinajstić information content (AvgIpc) is 3.00. The molecule has 1 rings (SSSR count). The van der Waals surface area contributed by atoms with E-state index in [1.807, 2.05) is 0 Å². The fourth-order valence-electron chi connectivity index (χ4n) is 2.93. The van der Waals surface area contributed by atoms with E-state index in [-0.39, 0.29) is 12.1 Å². The van der Waals surface area contributed by atoms with Crippen LogP contribution in [0.3, 0.4) is 0 Å². The number of furan rings is 1. The molecule has 0 amide bonds. The Hall–Kier alpha value is -1.01. The van der Waals surface area contributed by atoms with E-state index in [9.17, 15) is 8.42 Å². The molecule has 1 heterocycles. The fraction of sp³-hybridized carbons (Fsp3) is 0.800. The Morgan fingerprint density at radius 2 is 1.54 bits per heavy atom. The monoisotopic (exact) mass is 388 g/mol. The van der Waals surface area contributed by atoms with Crippen LogP contribution in [0.15, 0.2) is 16.7 Å². The molecule has 0 aromatic carbocycles. The van der Waals surface area contributed by atoms with Gasteiger partial charge in [-0.2, -0.15) is 8.42 Å². The van der Waals surface area contributed by atoms with E-state index in [0.717, 1.165) is 19.1 Å². The second kappa shape index (κ2) is 13.2. The molecule has 0 spiro atoms. The predicted octanol–water partition coefficient (Wildman–Crippen LogP) is 5.83. The Kier molecular flexibility index (Phi) is 11.7. The van der Waals surface area contributed by atoms with Crippen LogP contribution >= 0.6 is 0 Å². The molecule has 0 radical (unpaired) electrons. The first-order chi connectivity index (χ1) is 12.5. The van der Waals surface area contributed by atoms with E-state index in [0.29, 0.717) is 12.2 Å². The molecular formula is C20H36O5S. The van der Waals surface area contributed by atoms with Crippen molar-refractivity contribution in [2.75, 3.05) is 6.26 Å². The van der Waals surface area contributed by atoms with Gasteiger partial charge in [0, 0.05) is 0 Å². The zero-order valence-corrected chi connectivity index (χ0v) is 17.5. The highest BCUT2D eigenvalue weighted by molar-refractivity contribution is 7.86. The molecule has 0 N–H and O–H groups in total. The quantitative estimate of drug-likeness (QED) is 0.263. The minimum absolute atomic E-state index is 0.0141. The topological polar surface area (TPSA) is 65.7 Å². The van der Waals surface area contributed by atoms with E-state index >= 15 is 0 Å². The second-order valence-electron chi connectivity index (χ2n) is 7.01. The minimum atomic E-state index is -3.60. The predicted molar refractivity (Wildman–Crippen MR) is 105 cm³/mol. The van der Waals surface area contributed by atoms with Gasteiger partial charge in [-0.15, -0.1) is 0 Å². The molecule has 0 aliphatic carbocycles.